The summed E-state index contributed by atoms with van der Waals surface area (Å²) in [6.07, 6.45) is -0.212. The number of hydrogen-bond donors (Lipinski definition) is 2. The highest BCUT2D eigenvalue weighted by molar-refractivity contribution is 9.10. The molecule has 7 nitrogen and oxygen atoms in total. The minimum atomic E-state index is -1.97. The van der Waals surface area contributed by atoms with Gasteiger partial charge in [0.1, 0.15) is 11.6 Å². The molecule has 0 saturated heterocycles. The molecule has 2 N–H and O–H groups in total. The standard InChI is InChI=1S/C22H31BrFN3O4Si/c1-14(31-32(6,7)22(2,3)4)13-30-27(5)21(29)16-9-11-19(28)26-20(16)25-18-10-8-15(23)12-17(18)24/h8-12,14H,13H2,1-7H3,(H2,25,26,28). The first-order chi connectivity index (χ1) is 14.7. The fraction of sp³-hybridized carbons (Fsp3) is 0.455. The van der Waals surface area contributed by atoms with E-state index in [4.69, 9.17) is 9.26 Å². The maximum absolute atomic E-state index is 14.2. The fourth-order valence-corrected chi connectivity index (χ4v) is 4.40. The number of halogens is 2. The van der Waals surface area contributed by atoms with Gasteiger partial charge in [0.05, 0.1) is 24.0 Å². The largest absolute Gasteiger partial charge is 0.412 e. The number of rotatable bonds is 8. The SMILES string of the molecule is CC(CON(C)C(=O)c1ccc(=O)[nH]c1Nc1ccc(Br)cc1F)O[Si](C)(C)C(C)(C)C. The van der Waals surface area contributed by atoms with Crippen molar-refractivity contribution in [2.24, 2.45) is 0 Å². The van der Waals surface area contributed by atoms with E-state index >= 15 is 0 Å². The Kier molecular flexibility index (Phi) is 8.43. The van der Waals surface area contributed by atoms with Crippen molar-refractivity contribution < 1.29 is 18.4 Å². The Morgan fingerprint density at radius 2 is 1.94 bits per heavy atom. The zero-order valence-electron chi connectivity index (χ0n) is 19.5. The molecule has 1 amide bonds. The van der Waals surface area contributed by atoms with Crippen LogP contribution in [0.4, 0.5) is 15.9 Å². The van der Waals surface area contributed by atoms with Gasteiger partial charge in [-0.25, -0.2) is 9.45 Å². The summed E-state index contributed by atoms with van der Waals surface area (Å²) >= 11 is 3.20. The molecule has 1 unspecified atom stereocenters. The van der Waals surface area contributed by atoms with Crippen LogP contribution in [0.3, 0.4) is 0 Å². The van der Waals surface area contributed by atoms with Crippen molar-refractivity contribution in [2.75, 3.05) is 19.0 Å². The molecule has 2 aromatic rings. The van der Waals surface area contributed by atoms with E-state index in [-0.39, 0.29) is 34.8 Å². The number of hydroxylamine groups is 2. The molecule has 1 aromatic heterocycles. The van der Waals surface area contributed by atoms with Crippen molar-refractivity contribution in [3.63, 3.8) is 0 Å². The molecule has 0 bridgehead atoms. The van der Waals surface area contributed by atoms with E-state index in [2.05, 4.69) is 60.1 Å². The van der Waals surface area contributed by atoms with Crippen LogP contribution in [0.2, 0.25) is 18.1 Å². The molecule has 0 saturated carbocycles. The van der Waals surface area contributed by atoms with Gasteiger partial charge in [-0.2, -0.15) is 0 Å². The van der Waals surface area contributed by atoms with Crippen LogP contribution in [0.15, 0.2) is 39.6 Å². The number of anilines is 2. The Morgan fingerprint density at radius 1 is 1.28 bits per heavy atom. The lowest BCUT2D eigenvalue weighted by Crippen LogP contribution is -2.45. The van der Waals surface area contributed by atoms with Gasteiger partial charge in [0, 0.05) is 17.6 Å². The quantitative estimate of drug-likeness (QED) is 0.353. The normalized spacial score (nSPS) is 13.0. The van der Waals surface area contributed by atoms with E-state index in [1.54, 1.807) is 6.07 Å². The van der Waals surface area contributed by atoms with Crippen molar-refractivity contribution in [1.82, 2.24) is 10.0 Å². The Bertz CT molecular complexity index is 1020. The number of aromatic nitrogens is 1. The van der Waals surface area contributed by atoms with Gasteiger partial charge in [0.2, 0.25) is 5.56 Å². The topological polar surface area (TPSA) is 83.7 Å². The van der Waals surface area contributed by atoms with Gasteiger partial charge in [0.15, 0.2) is 8.32 Å². The summed E-state index contributed by atoms with van der Waals surface area (Å²) in [4.78, 5) is 33.0. The first-order valence-electron chi connectivity index (χ1n) is 10.3. The van der Waals surface area contributed by atoms with Gasteiger partial charge in [0.25, 0.3) is 5.91 Å². The van der Waals surface area contributed by atoms with Gasteiger partial charge >= 0.3 is 0 Å². The number of H-pyrrole nitrogens is 1. The number of benzene rings is 1. The molecule has 0 aliphatic heterocycles. The lowest BCUT2D eigenvalue weighted by molar-refractivity contribution is -0.125. The van der Waals surface area contributed by atoms with Crippen LogP contribution >= 0.6 is 15.9 Å². The van der Waals surface area contributed by atoms with E-state index in [9.17, 15) is 14.0 Å². The van der Waals surface area contributed by atoms with Crippen LogP contribution in [-0.4, -0.2) is 44.0 Å². The predicted octanol–water partition coefficient (Wildman–Crippen LogP) is 5.43. The first kappa shape index (κ1) is 26.2. The Balaban J connectivity index is 2.13. The predicted molar refractivity (Wildman–Crippen MR) is 130 cm³/mol. The highest BCUT2D eigenvalue weighted by atomic mass is 79.9. The third-order valence-corrected chi connectivity index (χ3v) is 10.5. The van der Waals surface area contributed by atoms with Crippen molar-refractivity contribution in [3.8, 4) is 0 Å². The van der Waals surface area contributed by atoms with E-state index in [0.717, 1.165) is 5.06 Å². The average Bonchev–Trinajstić information content (AvgIpc) is 2.66. The number of carbonyl (C=O) groups is 1. The third kappa shape index (κ3) is 6.74. The van der Waals surface area contributed by atoms with Crippen LogP contribution < -0.4 is 10.9 Å². The van der Waals surface area contributed by atoms with E-state index in [0.29, 0.717) is 4.47 Å². The number of hydrogen-bond acceptors (Lipinski definition) is 5. The number of carbonyl (C=O) groups excluding carboxylic acids is 1. The summed E-state index contributed by atoms with van der Waals surface area (Å²) in [6, 6.07) is 7.03. The Labute approximate surface area is 197 Å². The monoisotopic (exact) mass is 527 g/mol. The highest BCUT2D eigenvalue weighted by Crippen LogP contribution is 2.37. The summed E-state index contributed by atoms with van der Waals surface area (Å²) in [5.41, 5.74) is -0.182. The molecule has 1 aromatic carbocycles. The van der Waals surface area contributed by atoms with Crippen LogP contribution in [0, 0.1) is 5.82 Å². The molecular formula is C22H31BrFN3O4Si. The van der Waals surface area contributed by atoms with Crippen molar-refractivity contribution in [2.45, 2.75) is 51.9 Å². The summed E-state index contributed by atoms with van der Waals surface area (Å²) in [7, 11) is -0.489. The van der Waals surface area contributed by atoms with E-state index in [1.807, 2.05) is 6.92 Å². The molecule has 2 rings (SSSR count). The zero-order chi connectivity index (χ0) is 24.3. The lowest BCUT2D eigenvalue weighted by atomic mass is 10.2. The van der Waals surface area contributed by atoms with Crippen LogP contribution in [0.5, 0.6) is 0 Å². The number of nitrogens with one attached hydrogen (secondary N) is 2. The molecule has 0 fully saturated rings. The van der Waals surface area contributed by atoms with Gasteiger partial charge < -0.3 is 14.7 Å². The highest BCUT2D eigenvalue weighted by Gasteiger charge is 2.38. The number of amides is 1. The Morgan fingerprint density at radius 3 is 2.53 bits per heavy atom. The average molecular weight is 528 g/mol. The van der Waals surface area contributed by atoms with Gasteiger partial charge in [-0.05, 0) is 49.3 Å². The van der Waals surface area contributed by atoms with Gasteiger partial charge in [-0.1, -0.05) is 36.7 Å². The summed E-state index contributed by atoms with van der Waals surface area (Å²) < 4.78 is 21.1. The number of aromatic amines is 1. The first-order valence-corrected chi connectivity index (χ1v) is 14.0. The maximum Gasteiger partial charge on any atom is 0.280 e. The van der Waals surface area contributed by atoms with Crippen LogP contribution in [-0.2, 0) is 9.26 Å². The molecule has 1 heterocycles. The van der Waals surface area contributed by atoms with Gasteiger partial charge in [-0.15, -0.1) is 0 Å². The minimum Gasteiger partial charge on any atom is -0.412 e. The summed E-state index contributed by atoms with van der Waals surface area (Å²) in [5.74, 6) is -0.964. The van der Waals surface area contributed by atoms with E-state index in [1.165, 1.54) is 31.3 Å². The smallest absolute Gasteiger partial charge is 0.280 e. The molecule has 176 valence electrons. The fourth-order valence-electron chi connectivity index (χ4n) is 2.64. The van der Waals surface area contributed by atoms with Gasteiger partial charge in [-0.3, -0.25) is 14.4 Å². The second-order valence-electron chi connectivity index (χ2n) is 9.15. The second-order valence-corrected chi connectivity index (χ2v) is 14.8. The molecular weight excluding hydrogens is 497 g/mol. The van der Waals surface area contributed by atoms with Crippen molar-refractivity contribution in [3.05, 3.63) is 56.5 Å². The second kappa shape index (κ2) is 10.3. The molecule has 32 heavy (non-hydrogen) atoms. The zero-order valence-corrected chi connectivity index (χ0v) is 22.1. The van der Waals surface area contributed by atoms with Crippen molar-refractivity contribution >= 4 is 41.7 Å². The third-order valence-electron chi connectivity index (χ3n) is 5.43. The number of pyridine rings is 1. The molecule has 0 aliphatic rings. The Hall–Kier alpha value is -2.01. The maximum atomic E-state index is 14.2. The van der Waals surface area contributed by atoms with Crippen LogP contribution in [0.1, 0.15) is 38.1 Å². The number of nitrogens with zero attached hydrogens (tertiary/aromatic N) is 1. The van der Waals surface area contributed by atoms with E-state index < -0.39 is 25.6 Å². The molecule has 1 atom stereocenters. The minimum absolute atomic E-state index is 0.0573. The molecule has 0 radical (unpaired) electrons. The molecule has 10 heteroatoms. The summed E-state index contributed by atoms with van der Waals surface area (Å²) in [6.45, 7) is 12.9. The molecule has 0 aliphatic carbocycles. The summed E-state index contributed by atoms with van der Waals surface area (Å²) in [5, 5.41) is 3.93. The lowest BCUT2D eigenvalue weighted by Gasteiger charge is -2.38. The van der Waals surface area contributed by atoms with Crippen LogP contribution in [0.25, 0.3) is 0 Å². The van der Waals surface area contributed by atoms with Crippen molar-refractivity contribution in [1.29, 1.82) is 0 Å². The molecule has 0 spiro atoms.